The minimum absolute atomic E-state index is 0.117. The van der Waals surface area contributed by atoms with Gasteiger partial charge in [-0.25, -0.2) is 38.9 Å². The molecule has 0 radical (unpaired) electrons. The van der Waals surface area contributed by atoms with Gasteiger partial charge in [0.05, 0.1) is 24.5 Å². The maximum Gasteiger partial charge on any atom is 0.225 e. The van der Waals surface area contributed by atoms with E-state index in [-0.39, 0.29) is 12.1 Å². The molecule has 2 aliphatic rings. The number of hydrogen-bond acceptors (Lipinski definition) is 16. The Morgan fingerprint density at radius 3 is 1.28 bits per heavy atom. The molecule has 0 unspecified atom stereocenters. The van der Waals surface area contributed by atoms with E-state index in [1.54, 1.807) is 22.0 Å². The third kappa shape index (κ3) is 9.51. The van der Waals surface area contributed by atoms with Gasteiger partial charge in [-0.3, -0.25) is 14.3 Å². The molecule has 0 aliphatic carbocycles. The largest absolute Gasteiger partial charge is 0.351 e. The van der Waals surface area contributed by atoms with E-state index < -0.39 is 0 Å². The van der Waals surface area contributed by atoms with Crippen LogP contribution >= 0.6 is 0 Å². The van der Waals surface area contributed by atoms with E-state index >= 15 is 0 Å². The summed E-state index contributed by atoms with van der Waals surface area (Å²) >= 11 is 0. The van der Waals surface area contributed by atoms with Gasteiger partial charge in [0.25, 0.3) is 0 Å². The lowest BCUT2D eigenvalue weighted by Crippen LogP contribution is -2.47. The standard InChI is InChI=1S/C27H30N10.C25H26N10/c1-33(2)25(20-7-5-4-6-8-20)22-14-28-27(29-15-22)36-11-9-35(10-12-36)26-24-13-21(18-37(24)32-19-30-26)23-16-31-34(3)17-23;1-32-15-21(14-30-32)19-11-22-24(29-17-31-35(22)16-19)33-7-9-34(10-8-33)25-27-12-20(13-28-25)23(26)18-5-3-2-4-6-18/h4-8,13-19,25H,9-12H2,1-3H3;2-6,11-17,23H,7-10,26H2,1H3/t25-;23-/m00/s1. The van der Waals surface area contributed by atoms with Crippen LogP contribution in [-0.4, -0.2) is 140 Å². The van der Waals surface area contributed by atoms with Crippen LogP contribution in [0.5, 0.6) is 0 Å². The van der Waals surface area contributed by atoms with Crippen molar-refractivity contribution in [2.45, 2.75) is 12.1 Å². The minimum atomic E-state index is -0.235. The molecule has 20 nitrogen and oxygen atoms in total. The van der Waals surface area contributed by atoms with Crippen molar-refractivity contribution in [1.29, 1.82) is 0 Å². The van der Waals surface area contributed by atoms with Gasteiger partial charge in [0.2, 0.25) is 11.9 Å². The fraction of sp³-hybridized carbons (Fsp3) is 0.269. The predicted octanol–water partition coefficient (Wildman–Crippen LogP) is 5.19. The number of nitrogens with two attached hydrogens (primary N) is 1. The molecular weight excluding hydrogens is 905 g/mol. The Morgan fingerprint density at radius 1 is 0.444 bits per heavy atom. The quantitative estimate of drug-likeness (QED) is 0.178. The first-order valence-corrected chi connectivity index (χ1v) is 24.0. The summed E-state index contributed by atoms with van der Waals surface area (Å²) in [6.07, 6.45) is 22.6. The van der Waals surface area contributed by atoms with Gasteiger partial charge < -0.3 is 25.3 Å². The van der Waals surface area contributed by atoms with Gasteiger partial charge in [-0.1, -0.05) is 60.7 Å². The second-order valence-electron chi connectivity index (χ2n) is 18.3. The number of fused-ring (bicyclic) bond motifs is 2. The first-order chi connectivity index (χ1) is 35.2. The molecule has 10 heterocycles. The van der Waals surface area contributed by atoms with Crippen LogP contribution in [0, 0.1) is 0 Å². The molecule has 2 aliphatic heterocycles. The summed E-state index contributed by atoms with van der Waals surface area (Å²) in [4.78, 5) is 39.2. The molecule has 0 bridgehead atoms. The Labute approximate surface area is 416 Å². The van der Waals surface area contributed by atoms with Crippen molar-refractivity contribution in [3.8, 4) is 22.3 Å². The molecule has 12 rings (SSSR count). The van der Waals surface area contributed by atoms with Crippen LogP contribution in [0.2, 0.25) is 0 Å². The van der Waals surface area contributed by atoms with E-state index in [0.717, 1.165) is 126 Å². The number of piperazine rings is 2. The molecule has 2 N–H and O–H groups in total. The maximum atomic E-state index is 6.39. The number of benzene rings is 2. The van der Waals surface area contributed by atoms with Crippen LogP contribution in [0.3, 0.4) is 0 Å². The lowest BCUT2D eigenvalue weighted by Gasteiger charge is -2.35. The van der Waals surface area contributed by atoms with E-state index in [4.69, 9.17) is 15.7 Å². The van der Waals surface area contributed by atoms with Gasteiger partial charge in [-0.15, -0.1) is 0 Å². The van der Waals surface area contributed by atoms with E-state index in [9.17, 15) is 0 Å². The SMILES string of the molecule is CN(C)[C@@H](c1ccccc1)c1cnc(N2CCN(c3ncnn4cc(-c5cnn(C)c5)cc34)CC2)nc1.Cn1cc(-c2cc3c(N4CCN(c5ncc([C@@H](N)c6ccccc6)cn5)CC4)ncnn3c2)cn1. The number of aromatic nitrogens is 14. The fourth-order valence-corrected chi connectivity index (χ4v) is 9.58. The number of anilines is 4. The maximum absolute atomic E-state index is 6.39. The molecule has 20 heteroatoms. The second-order valence-corrected chi connectivity index (χ2v) is 18.3. The van der Waals surface area contributed by atoms with Crippen molar-refractivity contribution >= 4 is 34.6 Å². The first-order valence-electron chi connectivity index (χ1n) is 24.0. The predicted molar refractivity (Wildman–Crippen MR) is 278 cm³/mol. The van der Waals surface area contributed by atoms with Crippen molar-refractivity contribution in [1.82, 2.24) is 73.6 Å². The zero-order chi connectivity index (χ0) is 49.1. The van der Waals surface area contributed by atoms with E-state index in [1.165, 1.54) is 5.56 Å². The Morgan fingerprint density at radius 2 is 0.861 bits per heavy atom. The Balaban J connectivity index is 0.000000156. The second kappa shape index (κ2) is 20.0. The van der Waals surface area contributed by atoms with Crippen molar-refractivity contribution in [3.05, 3.63) is 170 Å². The molecular formula is C52H56N20. The molecule has 2 aromatic carbocycles. The highest BCUT2D eigenvalue weighted by atomic mass is 15.4. The van der Waals surface area contributed by atoms with E-state index in [1.807, 2.05) is 121 Å². The number of nitrogens with zero attached hydrogens (tertiary/aromatic N) is 19. The van der Waals surface area contributed by atoms with E-state index in [2.05, 4.69) is 115 Å². The van der Waals surface area contributed by atoms with Crippen molar-refractivity contribution < 1.29 is 0 Å². The lowest BCUT2D eigenvalue weighted by atomic mass is 10.0. The molecule has 364 valence electrons. The molecule has 2 atom stereocenters. The smallest absolute Gasteiger partial charge is 0.225 e. The summed E-state index contributed by atoms with van der Waals surface area (Å²) in [5.41, 5.74) is 16.9. The van der Waals surface area contributed by atoms with Gasteiger partial charge in [-0.2, -0.15) is 20.4 Å². The summed E-state index contributed by atoms with van der Waals surface area (Å²) in [5, 5.41) is 17.4. The normalized spacial score (nSPS) is 15.0. The molecule has 0 spiro atoms. The highest BCUT2D eigenvalue weighted by molar-refractivity contribution is 5.78. The highest BCUT2D eigenvalue weighted by Gasteiger charge is 2.26. The zero-order valence-corrected chi connectivity index (χ0v) is 40.7. The number of hydrogen-bond donors (Lipinski definition) is 1. The monoisotopic (exact) mass is 960 g/mol. The highest BCUT2D eigenvalue weighted by Crippen LogP contribution is 2.31. The third-order valence-corrected chi connectivity index (χ3v) is 13.4. The summed E-state index contributed by atoms with van der Waals surface area (Å²) < 4.78 is 7.38. The van der Waals surface area contributed by atoms with Crippen molar-refractivity contribution in [2.24, 2.45) is 19.8 Å². The minimum Gasteiger partial charge on any atom is -0.351 e. The zero-order valence-electron chi connectivity index (χ0n) is 40.7. The van der Waals surface area contributed by atoms with Gasteiger partial charge in [0.1, 0.15) is 23.7 Å². The van der Waals surface area contributed by atoms with Gasteiger partial charge in [-0.05, 0) is 37.4 Å². The Bertz CT molecular complexity index is 3370. The molecule has 0 saturated carbocycles. The van der Waals surface area contributed by atoms with Crippen LogP contribution in [0.25, 0.3) is 33.3 Å². The summed E-state index contributed by atoms with van der Waals surface area (Å²) in [5.74, 6) is 3.36. The molecule has 10 aromatic rings. The van der Waals surface area contributed by atoms with Crippen molar-refractivity contribution in [2.75, 3.05) is 86.1 Å². The molecule has 0 amide bonds. The Kier molecular flexibility index (Phi) is 12.7. The summed E-state index contributed by atoms with van der Waals surface area (Å²) in [6, 6.07) is 24.6. The van der Waals surface area contributed by atoms with Crippen LogP contribution < -0.4 is 25.3 Å². The van der Waals surface area contributed by atoms with Gasteiger partial charge in [0.15, 0.2) is 11.6 Å². The van der Waals surface area contributed by atoms with Gasteiger partial charge >= 0.3 is 0 Å². The summed E-state index contributed by atoms with van der Waals surface area (Å²) in [7, 11) is 8.00. The van der Waals surface area contributed by atoms with E-state index in [0.29, 0.717) is 0 Å². The van der Waals surface area contributed by atoms with Crippen LogP contribution in [-0.2, 0) is 14.1 Å². The first kappa shape index (κ1) is 45.8. The average molecular weight is 961 g/mol. The lowest BCUT2D eigenvalue weighted by molar-refractivity contribution is 0.341. The summed E-state index contributed by atoms with van der Waals surface area (Å²) in [6.45, 7) is 6.53. The van der Waals surface area contributed by atoms with Crippen LogP contribution in [0.15, 0.2) is 147 Å². The molecule has 8 aromatic heterocycles. The number of aryl methyl sites for hydroxylation is 2. The molecule has 2 saturated heterocycles. The third-order valence-electron chi connectivity index (χ3n) is 13.4. The Hall–Kier alpha value is -8.62. The van der Waals surface area contributed by atoms with Crippen LogP contribution in [0.4, 0.5) is 23.5 Å². The van der Waals surface area contributed by atoms with Crippen molar-refractivity contribution in [3.63, 3.8) is 0 Å². The molecule has 72 heavy (non-hydrogen) atoms. The van der Waals surface area contributed by atoms with Gasteiger partial charge in [0, 0.05) is 149 Å². The number of rotatable bonds is 11. The molecule has 2 fully saturated rings. The fourth-order valence-electron chi connectivity index (χ4n) is 9.58. The average Bonchev–Trinajstić information content (AvgIpc) is 4.26. The topological polar surface area (TPSA) is 190 Å². The van der Waals surface area contributed by atoms with Crippen LogP contribution in [0.1, 0.15) is 34.3 Å².